The normalized spacial score (nSPS) is 21.0. The fraction of sp³-hybridized carbons (Fsp3) is 0.458. The third kappa shape index (κ3) is 5.45. The van der Waals surface area contributed by atoms with Crippen molar-refractivity contribution in [1.29, 1.82) is 0 Å². The molecule has 2 aromatic rings. The molecule has 5 N–H and O–H groups in total. The molecule has 1 amide bonds. The number of amides is 1. The second-order valence-corrected chi connectivity index (χ2v) is 11.4. The summed E-state index contributed by atoms with van der Waals surface area (Å²) in [6.45, 7) is 7.10. The van der Waals surface area contributed by atoms with Gasteiger partial charge in [-0.3, -0.25) is 10.2 Å². The minimum absolute atomic E-state index is 0.118. The van der Waals surface area contributed by atoms with E-state index in [0.29, 0.717) is 12.1 Å². The topological polar surface area (TPSA) is 142 Å². The zero-order valence-electron chi connectivity index (χ0n) is 19.8. The fourth-order valence-electron chi connectivity index (χ4n) is 4.46. The van der Waals surface area contributed by atoms with E-state index in [4.69, 9.17) is 10.5 Å². The molecule has 1 saturated heterocycles. The van der Waals surface area contributed by atoms with Crippen LogP contribution in [0.4, 0.5) is 10.5 Å². The standard InChI is InChI=1S/C24H33N3O6S/c1-15(2)22(34(31,32)19-11-7-17(25)8-12-19)26-14-21-20(13-16-5-9-18(28)10-6-16)27(23(29)30)24(3,4)33-21/h5-12,15,20-22,26,28H,13-14,25H2,1-4H3,(H,29,30)/t20-,21+,22?/m0/s1. The first-order valence-electron chi connectivity index (χ1n) is 11.1. The predicted molar refractivity (Wildman–Crippen MR) is 129 cm³/mol. The van der Waals surface area contributed by atoms with Gasteiger partial charge in [-0.15, -0.1) is 0 Å². The van der Waals surface area contributed by atoms with Gasteiger partial charge in [-0.05, 0) is 68.1 Å². The Labute approximate surface area is 200 Å². The smallest absolute Gasteiger partial charge is 0.409 e. The van der Waals surface area contributed by atoms with Gasteiger partial charge >= 0.3 is 6.09 Å². The first-order valence-corrected chi connectivity index (χ1v) is 12.7. The largest absolute Gasteiger partial charge is 0.508 e. The first kappa shape index (κ1) is 25.8. The Bertz CT molecular complexity index is 1100. The number of anilines is 1. The Morgan fingerprint density at radius 2 is 1.74 bits per heavy atom. The van der Waals surface area contributed by atoms with Crippen molar-refractivity contribution in [2.24, 2.45) is 5.92 Å². The maximum atomic E-state index is 13.3. The van der Waals surface area contributed by atoms with Gasteiger partial charge in [0.1, 0.15) is 16.8 Å². The van der Waals surface area contributed by atoms with E-state index in [1.807, 2.05) is 13.8 Å². The Morgan fingerprint density at radius 3 is 2.26 bits per heavy atom. The molecule has 0 saturated carbocycles. The van der Waals surface area contributed by atoms with E-state index in [9.17, 15) is 23.4 Å². The van der Waals surface area contributed by atoms with Crippen molar-refractivity contribution in [1.82, 2.24) is 10.2 Å². The summed E-state index contributed by atoms with van der Waals surface area (Å²) in [6, 6.07) is 12.0. The second kappa shape index (κ2) is 9.81. The number of benzene rings is 2. The van der Waals surface area contributed by atoms with Crippen LogP contribution >= 0.6 is 0 Å². The van der Waals surface area contributed by atoms with Crippen LogP contribution in [0.15, 0.2) is 53.4 Å². The van der Waals surface area contributed by atoms with E-state index in [-0.39, 0.29) is 23.1 Å². The summed E-state index contributed by atoms with van der Waals surface area (Å²) in [5.41, 5.74) is 5.91. The molecule has 10 heteroatoms. The lowest BCUT2D eigenvalue weighted by atomic mass is 10.00. The van der Waals surface area contributed by atoms with Crippen molar-refractivity contribution in [2.45, 2.75) is 62.3 Å². The van der Waals surface area contributed by atoms with Crippen LogP contribution in [0.3, 0.4) is 0 Å². The zero-order chi connectivity index (χ0) is 25.3. The van der Waals surface area contributed by atoms with Crippen molar-refractivity contribution < 1.29 is 28.2 Å². The van der Waals surface area contributed by atoms with Crippen LogP contribution < -0.4 is 11.1 Å². The molecule has 1 unspecified atom stereocenters. The number of carboxylic acid groups (broad SMARTS) is 1. The van der Waals surface area contributed by atoms with Crippen molar-refractivity contribution in [3.8, 4) is 5.75 Å². The summed E-state index contributed by atoms with van der Waals surface area (Å²) in [5.74, 6) is -0.143. The highest BCUT2D eigenvalue weighted by molar-refractivity contribution is 7.92. The van der Waals surface area contributed by atoms with Crippen molar-refractivity contribution in [3.05, 3.63) is 54.1 Å². The van der Waals surface area contributed by atoms with Crippen LogP contribution in [0.25, 0.3) is 0 Å². The molecule has 186 valence electrons. The number of carbonyl (C=O) groups is 1. The number of phenolic OH excluding ortho intramolecular Hbond substituents is 1. The molecule has 0 aromatic heterocycles. The number of ether oxygens (including phenoxy) is 1. The molecular formula is C24H33N3O6S. The lowest BCUT2D eigenvalue weighted by Crippen LogP contribution is -2.50. The fourth-order valence-corrected chi connectivity index (χ4v) is 6.30. The summed E-state index contributed by atoms with van der Waals surface area (Å²) in [6.07, 6.45) is -1.37. The predicted octanol–water partition coefficient (Wildman–Crippen LogP) is 3.05. The van der Waals surface area contributed by atoms with Crippen molar-refractivity contribution >= 4 is 21.6 Å². The van der Waals surface area contributed by atoms with Gasteiger partial charge in [-0.2, -0.15) is 0 Å². The molecular weight excluding hydrogens is 458 g/mol. The molecule has 3 atom stereocenters. The number of nitrogens with one attached hydrogen (secondary N) is 1. The van der Waals surface area contributed by atoms with E-state index < -0.39 is 39.2 Å². The van der Waals surface area contributed by atoms with Gasteiger partial charge in [0.05, 0.1) is 17.0 Å². The van der Waals surface area contributed by atoms with Crippen LogP contribution in [0, 0.1) is 5.92 Å². The van der Waals surface area contributed by atoms with Crippen LogP contribution in [0.1, 0.15) is 33.3 Å². The van der Waals surface area contributed by atoms with Gasteiger partial charge in [-0.25, -0.2) is 13.2 Å². The zero-order valence-corrected chi connectivity index (χ0v) is 20.6. The van der Waals surface area contributed by atoms with Crippen LogP contribution in [0.5, 0.6) is 5.75 Å². The minimum atomic E-state index is -3.73. The number of hydrogen-bond donors (Lipinski definition) is 4. The number of nitrogen functional groups attached to an aromatic ring is 1. The lowest BCUT2D eigenvalue weighted by molar-refractivity contribution is -0.0657. The second-order valence-electron chi connectivity index (χ2n) is 9.38. The van der Waals surface area contributed by atoms with Gasteiger partial charge < -0.3 is 20.7 Å². The number of hydrogen-bond acceptors (Lipinski definition) is 7. The van der Waals surface area contributed by atoms with Gasteiger partial charge in [0.2, 0.25) is 0 Å². The average molecular weight is 492 g/mol. The average Bonchev–Trinajstić information content (AvgIpc) is 2.99. The summed E-state index contributed by atoms with van der Waals surface area (Å²) >= 11 is 0. The molecule has 1 fully saturated rings. The van der Waals surface area contributed by atoms with Crippen molar-refractivity contribution in [2.75, 3.05) is 12.3 Å². The summed E-state index contributed by atoms with van der Waals surface area (Å²) < 4.78 is 32.8. The maximum absolute atomic E-state index is 13.3. The van der Waals surface area contributed by atoms with E-state index >= 15 is 0 Å². The Kier molecular flexibility index (Phi) is 7.44. The van der Waals surface area contributed by atoms with Gasteiger partial charge in [0.15, 0.2) is 9.84 Å². The number of nitrogens with zero attached hydrogens (tertiary/aromatic N) is 1. The highest BCUT2D eigenvalue weighted by Gasteiger charge is 2.50. The summed E-state index contributed by atoms with van der Waals surface area (Å²) in [5, 5.41) is 21.7. The molecule has 3 rings (SSSR count). The number of phenols is 1. The molecule has 1 aliphatic rings. The van der Waals surface area contributed by atoms with E-state index in [0.717, 1.165) is 5.56 Å². The third-order valence-corrected chi connectivity index (χ3v) is 8.35. The highest BCUT2D eigenvalue weighted by atomic mass is 32.2. The number of rotatable bonds is 8. The van der Waals surface area contributed by atoms with Crippen LogP contribution in [-0.2, 0) is 21.0 Å². The van der Waals surface area contributed by atoms with Gasteiger partial charge in [0, 0.05) is 12.2 Å². The highest BCUT2D eigenvalue weighted by Crippen LogP contribution is 2.34. The summed E-state index contributed by atoms with van der Waals surface area (Å²) in [7, 11) is -3.73. The quantitative estimate of drug-likeness (QED) is 0.413. The van der Waals surface area contributed by atoms with Crippen molar-refractivity contribution in [3.63, 3.8) is 0 Å². The van der Waals surface area contributed by atoms with E-state index in [1.54, 1.807) is 50.2 Å². The number of sulfone groups is 1. The Balaban J connectivity index is 1.85. The lowest BCUT2D eigenvalue weighted by Gasteiger charge is -2.31. The van der Waals surface area contributed by atoms with E-state index in [2.05, 4.69) is 5.32 Å². The van der Waals surface area contributed by atoms with E-state index in [1.165, 1.54) is 17.0 Å². The third-order valence-electron chi connectivity index (χ3n) is 6.04. The van der Waals surface area contributed by atoms with Gasteiger partial charge in [0.25, 0.3) is 0 Å². The van der Waals surface area contributed by atoms with Crippen LogP contribution in [0.2, 0.25) is 0 Å². The number of nitrogens with two attached hydrogens (primary N) is 1. The van der Waals surface area contributed by atoms with Gasteiger partial charge in [-0.1, -0.05) is 26.0 Å². The summed E-state index contributed by atoms with van der Waals surface area (Å²) in [4.78, 5) is 13.5. The number of aromatic hydroxyl groups is 1. The monoisotopic (exact) mass is 491 g/mol. The maximum Gasteiger partial charge on any atom is 0.409 e. The molecule has 9 nitrogen and oxygen atoms in total. The SMILES string of the molecule is CC(C)C(NC[C@H]1OC(C)(C)N(C(=O)O)[C@H]1Cc1ccc(O)cc1)S(=O)(=O)c1ccc(N)cc1. The molecule has 0 aliphatic carbocycles. The molecule has 0 bridgehead atoms. The molecule has 1 aliphatic heterocycles. The minimum Gasteiger partial charge on any atom is -0.508 e. The molecule has 1 heterocycles. The first-order chi connectivity index (χ1) is 15.8. The van der Waals surface area contributed by atoms with Crippen LogP contribution in [-0.4, -0.2) is 59.4 Å². The Morgan fingerprint density at radius 1 is 1.15 bits per heavy atom. The Hall–Kier alpha value is -2.82. The molecule has 0 spiro atoms. The molecule has 0 radical (unpaired) electrons. The molecule has 2 aromatic carbocycles. The molecule has 34 heavy (non-hydrogen) atoms.